The number of likely N-dealkylation sites (tertiary alicyclic amines) is 1. The summed E-state index contributed by atoms with van der Waals surface area (Å²) in [5.74, 6) is -0.571. The summed E-state index contributed by atoms with van der Waals surface area (Å²) in [5.41, 5.74) is 2.28. The summed E-state index contributed by atoms with van der Waals surface area (Å²) in [6.07, 6.45) is 3.92. The van der Waals surface area contributed by atoms with Gasteiger partial charge in [-0.2, -0.15) is 5.26 Å². The Bertz CT molecular complexity index is 779. The highest BCUT2D eigenvalue weighted by Gasteiger charge is 2.48. The SMILES string of the molecule is N#CC1(NC(=O)C2CC(O)CN2C(=O)c2ccc3c(c2)CCC3)CC1. The van der Waals surface area contributed by atoms with E-state index in [2.05, 4.69) is 11.4 Å². The minimum atomic E-state index is -0.771. The number of nitrogens with one attached hydrogen (secondary N) is 1. The smallest absolute Gasteiger partial charge is 0.254 e. The fourth-order valence-corrected chi connectivity index (χ4v) is 3.87. The van der Waals surface area contributed by atoms with Crippen LogP contribution in [0.5, 0.6) is 0 Å². The van der Waals surface area contributed by atoms with E-state index in [4.69, 9.17) is 5.26 Å². The van der Waals surface area contributed by atoms with Crippen molar-refractivity contribution in [2.75, 3.05) is 6.54 Å². The summed E-state index contributed by atoms with van der Waals surface area (Å²) >= 11 is 0. The molecule has 2 unspecified atom stereocenters. The van der Waals surface area contributed by atoms with E-state index in [1.807, 2.05) is 18.2 Å². The highest BCUT2D eigenvalue weighted by molar-refractivity contribution is 5.98. The van der Waals surface area contributed by atoms with Gasteiger partial charge in [-0.15, -0.1) is 0 Å². The van der Waals surface area contributed by atoms with Crippen molar-refractivity contribution in [1.29, 1.82) is 5.26 Å². The van der Waals surface area contributed by atoms with Crippen LogP contribution in [0.15, 0.2) is 18.2 Å². The molecular weight excluding hydrogens is 318 g/mol. The van der Waals surface area contributed by atoms with Gasteiger partial charge >= 0.3 is 0 Å². The van der Waals surface area contributed by atoms with Crippen LogP contribution in [-0.4, -0.2) is 46.1 Å². The van der Waals surface area contributed by atoms with E-state index in [0.29, 0.717) is 18.4 Å². The number of amides is 2. The molecule has 0 aromatic heterocycles. The second kappa shape index (κ2) is 5.85. The van der Waals surface area contributed by atoms with Gasteiger partial charge in [0.2, 0.25) is 5.91 Å². The number of aliphatic hydroxyl groups excluding tert-OH is 1. The molecule has 1 heterocycles. The first kappa shape index (κ1) is 16.1. The maximum Gasteiger partial charge on any atom is 0.254 e. The van der Waals surface area contributed by atoms with Crippen LogP contribution in [0.4, 0.5) is 0 Å². The minimum absolute atomic E-state index is 0.146. The Hall–Kier alpha value is -2.39. The third-order valence-corrected chi connectivity index (χ3v) is 5.51. The Balaban J connectivity index is 1.54. The lowest BCUT2D eigenvalue weighted by Crippen LogP contribution is -2.49. The van der Waals surface area contributed by atoms with Crippen LogP contribution in [0.1, 0.15) is 47.2 Å². The van der Waals surface area contributed by atoms with Crippen molar-refractivity contribution in [2.45, 2.75) is 56.2 Å². The molecule has 1 aromatic rings. The third kappa shape index (κ3) is 2.89. The van der Waals surface area contributed by atoms with Gasteiger partial charge in [-0.1, -0.05) is 6.07 Å². The van der Waals surface area contributed by atoms with Crippen LogP contribution in [0.25, 0.3) is 0 Å². The average Bonchev–Trinajstić information content (AvgIpc) is 3.05. The fourth-order valence-electron chi connectivity index (χ4n) is 3.87. The third-order valence-electron chi connectivity index (χ3n) is 5.51. The van der Waals surface area contributed by atoms with Crippen LogP contribution < -0.4 is 5.32 Å². The number of carbonyl (C=O) groups excluding carboxylic acids is 2. The lowest BCUT2D eigenvalue weighted by molar-refractivity contribution is -0.125. The monoisotopic (exact) mass is 339 g/mol. The van der Waals surface area contributed by atoms with Gasteiger partial charge < -0.3 is 15.3 Å². The van der Waals surface area contributed by atoms with E-state index in [1.165, 1.54) is 16.0 Å². The van der Waals surface area contributed by atoms with Gasteiger partial charge in [-0.05, 0) is 55.4 Å². The topological polar surface area (TPSA) is 93.4 Å². The quantitative estimate of drug-likeness (QED) is 0.856. The Labute approximate surface area is 146 Å². The Morgan fingerprint density at radius 2 is 2.04 bits per heavy atom. The highest BCUT2D eigenvalue weighted by Crippen LogP contribution is 2.35. The average molecular weight is 339 g/mol. The van der Waals surface area contributed by atoms with Crippen molar-refractivity contribution in [1.82, 2.24) is 10.2 Å². The molecule has 1 aliphatic heterocycles. The van der Waals surface area contributed by atoms with E-state index in [9.17, 15) is 14.7 Å². The summed E-state index contributed by atoms with van der Waals surface area (Å²) < 4.78 is 0. The van der Waals surface area contributed by atoms with E-state index in [-0.39, 0.29) is 24.8 Å². The molecule has 6 nitrogen and oxygen atoms in total. The molecule has 2 fully saturated rings. The largest absolute Gasteiger partial charge is 0.391 e. The molecule has 2 N–H and O–H groups in total. The summed E-state index contributed by atoms with van der Waals surface area (Å²) in [7, 11) is 0. The van der Waals surface area contributed by atoms with Crippen LogP contribution in [0.3, 0.4) is 0 Å². The van der Waals surface area contributed by atoms with E-state index >= 15 is 0 Å². The Morgan fingerprint density at radius 3 is 2.76 bits per heavy atom. The molecule has 4 rings (SSSR count). The van der Waals surface area contributed by atoms with Gasteiger partial charge in [0, 0.05) is 18.5 Å². The number of aryl methyl sites for hydroxylation is 2. The number of benzene rings is 1. The van der Waals surface area contributed by atoms with Crippen molar-refractivity contribution >= 4 is 11.8 Å². The predicted molar refractivity (Wildman–Crippen MR) is 89.6 cm³/mol. The standard InChI is InChI=1S/C19H21N3O3/c20-11-19(6-7-19)21-17(24)16-9-15(23)10-22(16)18(25)14-5-4-12-2-1-3-13(12)8-14/h4-5,8,15-16,23H,1-3,6-7,9-10H2,(H,21,24). The van der Waals surface area contributed by atoms with E-state index < -0.39 is 17.7 Å². The molecule has 0 radical (unpaired) electrons. The summed E-state index contributed by atoms with van der Waals surface area (Å²) in [6.45, 7) is 0.146. The summed E-state index contributed by atoms with van der Waals surface area (Å²) in [5, 5.41) is 21.9. The lowest BCUT2D eigenvalue weighted by Gasteiger charge is -2.25. The first-order valence-corrected chi connectivity index (χ1v) is 8.85. The van der Waals surface area contributed by atoms with Crippen LogP contribution >= 0.6 is 0 Å². The Morgan fingerprint density at radius 1 is 1.28 bits per heavy atom. The van der Waals surface area contributed by atoms with E-state index in [0.717, 1.165) is 19.3 Å². The second-order valence-electron chi connectivity index (χ2n) is 7.38. The molecule has 0 spiro atoms. The zero-order valence-corrected chi connectivity index (χ0v) is 14.0. The maximum atomic E-state index is 12.9. The number of β-amino-alcohol motifs (C(OH)–C–C–N with tert-alkyl or cyclic N) is 1. The van der Waals surface area contributed by atoms with Crippen molar-refractivity contribution in [3.63, 3.8) is 0 Å². The molecular formula is C19H21N3O3. The summed E-state index contributed by atoms with van der Waals surface area (Å²) in [4.78, 5) is 26.9. The minimum Gasteiger partial charge on any atom is -0.391 e. The number of hydrogen-bond acceptors (Lipinski definition) is 4. The van der Waals surface area contributed by atoms with Crippen molar-refractivity contribution in [3.05, 3.63) is 34.9 Å². The lowest BCUT2D eigenvalue weighted by atomic mass is 10.0. The second-order valence-corrected chi connectivity index (χ2v) is 7.38. The van der Waals surface area contributed by atoms with Crippen molar-refractivity contribution in [2.24, 2.45) is 0 Å². The van der Waals surface area contributed by atoms with Gasteiger partial charge in [0.25, 0.3) is 5.91 Å². The van der Waals surface area contributed by atoms with Gasteiger partial charge in [0.1, 0.15) is 11.6 Å². The van der Waals surface area contributed by atoms with Gasteiger partial charge in [-0.25, -0.2) is 0 Å². The first-order valence-electron chi connectivity index (χ1n) is 8.85. The molecule has 1 aromatic carbocycles. The number of carbonyl (C=O) groups is 2. The van der Waals surface area contributed by atoms with Crippen molar-refractivity contribution in [3.8, 4) is 6.07 Å². The summed E-state index contributed by atoms with van der Waals surface area (Å²) in [6, 6.07) is 7.12. The molecule has 1 saturated heterocycles. The maximum absolute atomic E-state index is 12.9. The molecule has 130 valence electrons. The molecule has 2 aliphatic carbocycles. The molecule has 0 bridgehead atoms. The number of fused-ring (bicyclic) bond motifs is 1. The number of rotatable bonds is 3. The van der Waals surface area contributed by atoms with Gasteiger partial charge in [0.05, 0.1) is 12.2 Å². The molecule has 6 heteroatoms. The van der Waals surface area contributed by atoms with Gasteiger partial charge in [0.15, 0.2) is 0 Å². The fraction of sp³-hybridized carbons (Fsp3) is 0.526. The van der Waals surface area contributed by atoms with Crippen LogP contribution in [0.2, 0.25) is 0 Å². The zero-order chi connectivity index (χ0) is 17.6. The molecule has 25 heavy (non-hydrogen) atoms. The first-order chi connectivity index (χ1) is 12.0. The number of nitriles is 1. The number of hydrogen-bond donors (Lipinski definition) is 2. The predicted octanol–water partition coefficient (Wildman–Crippen LogP) is 0.923. The van der Waals surface area contributed by atoms with Crippen molar-refractivity contribution < 1.29 is 14.7 Å². The number of nitrogens with zero attached hydrogens (tertiary/aromatic N) is 2. The molecule has 3 aliphatic rings. The Kier molecular flexibility index (Phi) is 3.77. The molecule has 2 atom stereocenters. The van der Waals surface area contributed by atoms with E-state index in [1.54, 1.807) is 0 Å². The normalized spacial score (nSPS) is 26.0. The number of aliphatic hydroxyl groups is 1. The van der Waals surface area contributed by atoms with Crippen LogP contribution in [0, 0.1) is 11.3 Å². The van der Waals surface area contributed by atoms with Crippen LogP contribution in [-0.2, 0) is 17.6 Å². The highest BCUT2D eigenvalue weighted by atomic mass is 16.3. The molecule has 2 amide bonds. The molecule has 1 saturated carbocycles. The van der Waals surface area contributed by atoms with Gasteiger partial charge in [-0.3, -0.25) is 9.59 Å². The zero-order valence-electron chi connectivity index (χ0n) is 14.0.